The van der Waals surface area contributed by atoms with E-state index in [1.165, 1.54) is 41.7 Å². The van der Waals surface area contributed by atoms with Gasteiger partial charge in [0, 0.05) is 23.0 Å². The molecule has 3 heterocycles. The summed E-state index contributed by atoms with van der Waals surface area (Å²) >= 11 is 2.54. The molecule has 1 aromatic heterocycles. The molecule has 2 bridgehead atoms. The van der Waals surface area contributed by atoms with Crippen LogP contribution in [0.3, 0.4) is 0 Å². The summed E-state index contributed by atoms with van der Waals surface area (Å²) in [5.74, 6) is -0.464. The van der Waals surface area contributed by atoms with Crippen molar-refractivity contribution >= 4 is 29.0 Å². The maximum absolute atomic E-state index is 13.2. The van der Waals surface area contributed by atoms with E-state index in [-0.39, 0.29) is 17.8 Å². The molecule has 1 aromatic carbocycles. The van der Waals surface area contributed by atoms with Crippen LogP contribution in [0.5, 0.6) is 0 Å². The van der Waals surface area contributed by atoms with Crippen LogP contribution >= 0.6 is 23.1 Å². The summed E-state index contributed by atoms with van der Waals surface area (Å²) in [6.45, 7) is 0. The Labute approximate surface area is 141 Å². The van der Waals surface area contributed by atoms with Crippen LogP contribution in [0.15, 0.2) is 33.5 Å². The lowest BCUT2D eigenvalue weighted by Gasteiger charge is -2.20. The molecule has 0 unspecified atom stereocenters. The fraction of sp³-hybridized carbons (Fsp3) is 0.400. The third-order valence-electron chi connectivity index (χ3n) is 4.22. The number of rotatable bonds is 4. The maximum atomic E-state index is 13.2. The summed E-state index contributed by atoms with van der Waals surface area (Å²) in [5.41, 5.74) is 0. The van der Waals surface area contributed by atoms with Gasteiger partial charge in [-0.2, -0.15) is 0 Å². The number of fused-ring (bicyclic) bond motifs is 2. The molecule has 5 nitrogen and oxygen atoms in total. The Balaban J connectivity index is 1.40. The van der Waals surface area contributed by atoms with Gasteiger partial charge in [-0.3, -0.25) is 4.79 Å². The van der Waals surface area contributed by atoms with Crippen LogP contribution in [0.1, 0.15) is 29.1 Å². The van der Waals surface area contributed by atoms with E-state index in [1.54, 1.807) is 12.1 Å². The maximum Gasteiger partial charge on any atom is 0.282 e. The summed E-state index contributed by atoms with van der Waals surface area (Å²) < 4.78 is 13.8. The first-order chi connectivity index (χ1) is 11.2. The molecule has 1 amide bonds. The monoisotopic (exact) mass is 350 g/mol. The van der Waals surface area contributed by atoms with E-state index in [1.807, 2.05) is 0 Å². The first-order valence-electron chi connectivity index (χ1n) is 7.51. The fourth-order valence-corrected chi connectivity index (χ4v) is 4.96. The van der Waals surface area contributed by atoms with Gasteiger partial charge in [0.25, 0.3) is 5.91 Å². The van der Waals surface area contributed by atoms with E-state index < -0.39 is 0 Å². The van der Waals surface area contributed by atoms with Crippen LogP contribution in [0.4, 0.5) is 4.39 Å². The molecule has 0 aliphatic carbocycles. The molecule has 0 radical (unpaired) electrons. The number of halogens is 1. The van der Waals surface area contributed by atoms with Crippen LogP contribution in [0.25, 0.3) is 0 Å². The van der Waals surface area contributed by atoms with Crippen molar-refractivity contribution in [2.45, 2.75) is 46.6 Å². The standard InChI is InChI=1S/C15H15FN4OS2/c16-8-2-1-3-10(6-8)22-15-20-19-14(23-15)13(21)18-12-7-9-4-5-11(12)17-9/h1-3,6,9,11-12,17H,4-5,7H2,(H,18,21)/t9-,11+,12-/m1/s1. The highest BCUT2D eigenvalue weighted by atomic mass is 32.2. The Morgan fingerprint density at radius 2 is 2.30 bits per heavy atom. The second-order valence-corrected chi connectivity index (χ2v) is 8.09. The molecule has 4 rings (SSSR count). The van der Waals surface area contributed by atoms with Crippen LogP contribution in [0, 0.1) is 5.82 Å². The predicted molar refractivity (Wildman–Crippen MR) is 86.2 cm³/mol. The summed E-state index contributed by atoms with van der Waals surface area (Å²) in [7, 11) is 0. The SMILES string of the molecule is O=C(N[C@@H]1C[C@H]2CC[C@@H]1N2)c1nnc(Sc2cccc(F)c2)s1. The highest BCUT2D eigenvalue weighted by molar-refractivity contribution is 8.01. The molecule has 8 heteroatoms. The highest BCUT2D eigenvalue weighted by Gasteiger charge is 2.40. The fourth-order valence-electron chi connectivity index (χ4n) is 3.19. The zero-order valence-corrected chi connectivity index (χ0v) is 13.8. The molecule has 2 aromatic rings. The molecule has 0 saturated carbocycles. The number of carbonyl (C=O) groups excluding carboxylic acids is 1. The Hall–Kier alpha value is -1.51. The van der Waals surface area contributed by atoms with Gasteiger partial charge in [0.15, 0.2) is 4.34 Å². The summed E-state index contributed by atoms with van der Waals surface area (Å²) in [5, 5.41) is 14.9. The number of amides is 1. The second-order valence-electron chi connectivity index (χ2n) is 5.80. The largest absolute Gasteiger partial charge is 0.346 e. The molecule has 2 fully saturated rings. The Morgan fingerprint density at radius 1 is 1.39 bits per heavy atom. The first-order valence-corrected chi connectivity index (χ1v) is 9.14. The number of hydrogen-bond acceptors (Lipinski definition) is 6. The minimum absolute atomic E-state index is 0.173. The molecule has 3 atom stereocenters. The van der Waals surface area contributed by atoms with Crippen molar-refractivity contribution in [3.8, 4) is 0 Å². The van der Waals surface area contributed by atoms with E-state index in [4.69, 9.17) is 0 Å². The van der Waals surface area contributed by atoms with Crippen LogP contribution in [-0.4, -0.2) is 34.2 Å². The predicted octanol–water partition coefficient (Wildman–Crippen LogP) is 2.45. The second kappa shape index (κ2) is 6.18. The van der Waals surface area contributed by atoms with Gasteiger partial charge in [0.2, 0.25) is 5.01 Å². The van der Waals surface area contributed by atoms with Gasteiger partial charge in [0.05, 0.1) is 0 Å². The zero-order chi connectivity index (χ0) is 15.8. The number of benzene rings is 1. The highest BCUT2D eigenvalue weighted by Crippen LogP contribution is 2.31. The lowest BCUT2D eigenvalue weighted by atomic mass is 9.95. The van der Waals surface area contributed by atoms with Gasteiger partial charge in [-0.25, -0.2) is 4.39 Å². The third kappa shape index (κ3) is 3.24. The topological polar surface area (TPSA) is 66.9 Å². The minimum Gasteiger partial charge on any atom is -0.346 e. The number of carbonyl (C=O) groups is 1. The molecule has 2 aliphatic rings. The average molecular weight is 350 g/mol. The number of nitrogens with one attached hydrogen (secondary N) is 2. The van der Waals surface area contributed by atoms with Gasteiger partial charge < -0.3 is 10.6 Å². The van der Waals surface area contributed by atoms with Crippen molar-refractivity contribution in [2.75, 3.05) is 0 Å². The molecule has 2 saturated heterocycles. The summed E-state index contributed by atoms with van der Waals surface area (Å²) in [4.78, 5) is 13.0. The van der Waals surface area contributed by atoms with E-state index in [9.17, 15) is 9.18 Å². The smallest absolute Gasteiger partial charge is 0.282 e. The Kier molecular flexibility index (Phi) is 4.04. The van der Waals surface area contributed by atoms with Crippen molar-refractivity contribution in [1.29, 1.82) is 0 Å². The lowest BCUT2D eigenvalue weighted by Crippen LogP contribution is -2.42. The van der Waals surface area contributed by atoms with Gasteiger partial charge in [-0.15, -0.1) is 10.2 Å². The van der Waals surface area contributed by atoms with Crippen LogP contribution in [-0.2, 0) is 0 Å². The average Bonchev–Trinajstić information content (AvgIpc) is 3.23. The van der Waals surface area contributed by atoms with Gasteiger partial charge >= 0.3 is 0 Å². The molecule has 2 N–H and O–H groups in total. The van der Waals surface area contributed by atoms with Crippen molar-refractivity contribution in [3.63, 3.8) is 0 Å². The van der Waals surface area contributed by atoms with E-state index >= 15 is 0 Å². The van der Waals surface area contributed by atoms with Gasteiger partial charge in [-0.1, -0.05) is 29.2 Å². The summed E-state index contributed by atoms with van der Waals surface area (Å²) in [6, 6.07) is 7.39. The van der Waals surface area contributed by atoms with Gasteiger partial charge in [-0.05, 0) is 37.5 Å². The van der Waals surface area contributed by atoms with Crippen molar-refractivity contribution in [2.24, 2.45) is 0 Å². The first kappa shape index (κ1) is 15.0. The van der Waals surface area contributed by atoms with E-state index in [2.05, 4.69) is 20.8 Å². The molecule has 0 spiro atoms. The van der Waals surface area contributed by atoms with Crippen LogP contribution < -0.4 is 10.6 Å². The number of aromatic nitrogens is 2. The number of hydrogen-bond donors (Lipinski definition) is 2. The molecule has 120 valence electrons. The normalized spacial score (nSPS) is 25.7. The molecule has 23 heavy (non-hydrogen) atoms. The molecular weight excluding hydrogens is 335 g/mol. The third-order valence-corrected chi connectivity index (χ3v) is 6.18. The molecular formula is C15H15FN4OS2. The van der Waals surface area contributed by atoms with Crippen molar-refractivity contribution in [1.82, 2.24) is 20.8 Å². The molecule has 2 aliphatic heterocycles. The zero-order valence-electron chi connectivity index (χ0n) is 12.2. The van der Waals surface area contributed by atoms with E-state index in [0.717, 1.165) is 17.7 Å². The summed E-state index contributed by atoms with van der Waals surface area (Å²) in [6.07, 6.45) is 3.30. The van der Waals surface area contributed by atoms with Gasteiger partial charge in [0.1, 0.15) is 5.82 Å². The van der Waals surface area contributed by atoms with Crippen LogP contribution in [0.2, 0.25) is 0 Å². The quantitative estimate of drug-likeness (QED) is 0.887. The lowest BCUT2D eigenvalue weighted by molar-refractivity contribution is 0.0930. The number of nitrogens with zero attached hydrogens (tertiary/aromatic N) is 2. The minimum atomic E-state index is -0.290. The Morgan fingerprint density at radius 3 is 3.04 bits per heavy atom. The van der Waals surface area contributed by atoms with Crippen molar-refractivity contribution < 1.29 is 9.18 Å². The van der Waals surface area contributed by atoms with E-state index in [0.29, 0.717) is 21.4 Å². The Bertz CT molecular complexity index is 738. The van der Waals surface area contributed by atoms with Crippen molar-refractivity contribution in [3.05, 3.63) is 35.1 Å².